The molecule has 0 aromatic heterocycles. The summed E-state index contributed by atoms with van der Waals surface area (Å²) in [6.45, 7) is 10.7. The molecule has 2 atom stereocenters. The average molecular weight is 519 g/mol. The van der Waals surface area contributed by atoms with Crippen molar-refractivity contribution >= 4 is 11.9 Å². The first kappa shape index (κ1) is 27.9. The number of carbonyl (C=O) groups excluding carboxylic acids is 2. The number of carbonyl (C=O) groups is 2. The Morgan fingerprint density at radius 1 is 0.579 bits per heavy atom. The molecular weight excluding hydrogens is 488 g/mol. The van der Waals surface area contributed by atoms with Crippen molar-refractivity contribution in [3.63, 3.8) is 0 Å². The van der Waals surface area contributed by atoms with Crippen molar-refractivity contribution in [2.24, 2.45) is 0 Å². The van der Waals surface area contributed by atoms with Crippen molar-refractivity contribution in [2.45, 2.75) is 26.1 Å². The van der Waals surface area contributed by atoms with Crippen molar-refractivity contribution in [3.05, 3.63) is 98.1 Å². The summed E-state index contributed by atoms with van der Waals surface area (Å²) in [4.78, 5) is 22.4. The Hall–Kier alpha value is -4.72. The predicted octanol–water partition coefficient (Wildman–Crippen LogP) is 6.26. The van der Waals surface area contributed by atoms with E-state index in [9.17, 15) is 9.59 Å². The van der Waals surface area contributed by atoms with Crippen LogP contribution in [0.5, 0.6) is 34.5 Å². The molecule has 2 unspecified atom stereocenters. The van der Waals surface area contributed by atoms with Crippen LogP contribution in [0, 0.1) is 0 Å². The third-order valence-electron chi connectivity index (χ3n) is 4.88. The summed E-state index contributed by atoms with van der Waals surface area (Å²) >= 11 is 0. The van der Waals surface area contributed by atoms with Crippen molar-refractivity contribution in [1.29, 1.82) is 0 Å². The second kappa shape index (κ2) is 14.1. The van der Waals surface area contributed by atoms with Crippen LogP contribution in [0.1, 0.15) is 13.8 Å². The fraction of sp³-hybridized carbons (Fsp3) is 0.200. The minimum Gasteiger partial charge on any atom is -0.490 e. The van der Waals surface area contributed by atoms with Crippen LogP contribution in [0.25, 0.3) is 0 Å². The van der Waals surface area contributed by atoms with Gasteiger partial charge in [0.15, 0.2) is 0 Å². The van der Waals surface area contributed by atoms with Gasteiger partial charge in [0.05, 0.1) is 0 Å². The maximum absolute atomic E-state index is 11.2. The van der Waals surface area contributed by atoms with Crippen LogP contribution in [-0.2, 0) is 19.1 Å². The van der Waals surface area contributed by atoms with E-state index in [1.807, 2.05) is 0 Å². The molecule has 0 N–H and O–H groups in total. The van der Waals surface area contributed by atoms with Gasteiger partial charge in [-0.25, -0.2) is 9.59 Å². The van der Waals surface area contributed by atoms with E-state index >= 15 is 0 Å². The first-order chi connectivity index (χ1) is 18.3. The Bertz CT molecular complexity index is 1100. The Morgan fingerprint density at radius 3 is 1.11 bits per heavy atom. The van der Waals surface area contributed by atoms with Crippen LogP contribution in [0.4, 0.5) is 0 Å². The molecule has 38 heavy (non-hydrogen) atoms. The smallest absolute Gasteiger partial charge is 0.330 e. The monoisotopic (exact) mass is 518 g/mol. The van der Waals surface area contributed by atoms with E-state index in [0.717, 1.165) is 12.2 Å². The van der Waals surface area contributed by atoms with E-state index in [1.54, 1.807) is 86.6 Å². The molecule has 0 spiro atoms. The minimum atomic E-state index is -0.485. The maximum atomic E-state index is 11.2. The zero-order chi connectivity index (χ0) is 27.3. The maximum Gasteiger partial charge on any atom is 0.330 e. The SMILES string of the molecule is C=CC(=O)OC(C)COc1ccc(Oc2ccc(Oc3ccc(OCC(C)OC(=O)C=C)cc3)cc2)cc1. The molecule has 3 aromatic rings. The van der Waals surface area contributed by atoms with Crippen molar-refractivity contribution in [3.8, 4) is 34.5 Å². The number of rotatable bonds is 14. The Balaban J connectivity index is 1.45. The Kier molecular flexibility index (Phi) is 10.4. The number of esters is 2. The van der Waals surface area contributed by atoms with Gasteiger partial charge in [-0.2, -0.15) is 0 Å². The summed E-state index contributed by atoms with van der Waals surface area (Å²) in [5, 5.41) is 0. The zero-order valence-corrected chi connectivity index (χ0v) is 21.3. The van der Waals surface area contributed by atoms with Crippen LogP contribution in [0.3, 0.4) is 0 Å². The summed E-state index contributed by atoms with van der Waals surface area (Å²) in [7, 11) is 0. The van der Waals surface area contributed by atoms with E-state index in [-0.39, 0.29) is 13.2 Å². The summed E-state index contributed by atoms with van der Waals surface area (Å²) in [6.07, 6.45) is 1.44. The zero-order valence-electron chi connectivity index (χ0n) is 21.3. The van der Waals surface area contributed by atoms with Gasteiger partial charge in [0.25, 0.3) is 0 Å². The largest absolute Gasteiger partial charge is 0.490 e. The van der Waals surface area contributed by atoms with E-state index in [0.29, 0.717) is 34.5 Å². The second-order valence-corrected chi connectivity index (χ2v) is 8.14. The molecule has 0 radical (unpaired) electrons. The van der Waals surface area contributed by atoms with E-state index in [4.69, 9.17) is 28.4 Å². The average Bonchev–Trinajstić information content (AvgIpc) is 2.93. The summed E-state index contributed by atoms with van der Waals surface area (Å²) in [5.74, 6) is 2.86. The molecule has 0 fully saturated rings. The lowest BCUT2D eigenvalue weighted by atomic mass is 10.3. The lowest BCUT2D eigenvalue weighted by Crippen LogP contribution is -2.20. The molecule has 0 aliphatic heterocycles. The van der Waals surface area contributed by atoms with Crippen LogP contribution < -0.4 is 18.9 Å². The van der Waals surface area contributed by atoms with E-state index in [2.05, 4.69) is 13.2 Å². The van der Waals surface area contributed by atoms with Gasteiger partial charge in [0.2, 0.25) is 0 Å². The third kappa shape index (κ3) is 9.39. The van der Waals surface area contributed by atoms with Gasteiger partial charge in [-0.1, -0.05) is 13.2 Å². The molecule has 0 amide bonds. The van der Waals surface area contributed by atoms with E-state index in [1.165, 1.54) is 0 Å². The van der Waals surface area contributed by atoms with Gasteiger partial charge in [-0.15, -0.1) is 0 Å². The fourth-order valence-electron chi connectivity index (χ4n) is 3.04. The van der Waals surface area contributed by atoms with Gasteiger partial charge in [0, 0.05) is 12.2 Å². The van der Waals surface area contributed by atoms with Gasteiger partial charge >= 0.3 is 11.9 Å². The highest BCUT2D eigenvalue weighted by Gasteiger charge is 2.09. The lowest BCUT2D eigenvalue weighted by Gasteiger charge is -2.14. The summed E-state index contributed by atoms with van der Waals surface area (Å²) in [5.41, 5.74) is 0. The van der Waals surface area contributed by atoms with Crippen LogP contribution in [-0.4, -0.2) is 37.4 Å². The number of hydrogen-bond acceptors (Lipinski definition) is 8. The minimum absolute atomic E-state index is 0.226. The van der Waals surface area contributed by atoms with Gasteiger partial charge in [-0.3, -0.25) is 0 Å². The number of hydrogen-bond donors (Lipinski definition) is 0. The molecule has 0 heterocycles. The van der Waals surface area contributed by atoms with E-state index < -0.39 is 24.1 Å². The molecule has 8 heteroatoms. The topological polar surface area (TPSA) is 89.5 Å². The Labute approximate surface area is 222 Å². The first-order valence-electron chi connectivity index (χ1n) is 11.9. The summed E-state index contributed by atoms with van der Waals surface area (Å²) in [6, 6.07) is 21.5. The quantitative estimate of drug-likeness (QED) is 0.182. The molecule has 8 nitrogen and oxygen atoms in total. The van der Waals surface area contributed by atoms with Crippen LogP contribution >= 0.6 is 0 Å². The highest BCUT2D eigenvalue weighted by molar-refractivity contribution is 5.81. The molecule has 3 rings (SSSR count). The first-order valence-corrected chi connectivity index (χ1v) is 11.9. The fourth-order valence-corrected chi connectivity index (χ4v) is 3.04. The molecule has 0 aliphatic carbocycles. The molecule has 0 saturated heterocycles. The molecular formula is C30H30O8. The number of ether oxygens (including phenoxy) is 6. The summed E-state index contributed by atoms with van der Waals surface area (Å²) < 4.78 is 33.2. The molecule has 198 valence electrons. The van der Waals surface area contributed by atoms with Gasteiger partial charge in [0.1, 0.15) is 59.9 Å². The highest BCUT2D eigenvalue weighted by atomic mass is 16.6. The van der Waals surface area contributed by atoms with Gasteiger partial charge in [-0.05, 0) is 86.6 Å². The predicted molar refractivity (Wildman–Crippen MR) is 142 cm³/mol. The molecule has 0 bridgehead atoms. The van der Waals surface area contributed by atoms with Crippen molar-refractivity contribution in [1.82, 2.24) is 0 Å². The highest BCUT2D eigenvalue weighted by Crippen LogP contribution is 2.28. The molecule has 0 saturated carbocycles. The third-order valence-corrected chi connectivity index (χ3v) is 4.88. The number of benzene rings is 3. The normalized spacial score (nSPS) is 11.8. The molecule has 3 aromatic carbocycles. The van der Waals surface area contributed by atoms with Crippen LogP contribution in [0.2, 0.25) is 0 Å². The lowest BCUT2D eigenvalue weighted by molar-refractivity contribution is -0.144. The standard InChI is InChI=1S/C30H30O8/c1-5-29(31)35-21(3)19-33-23-7-11-25(12-8-23)37-27-15-17-28(18-16-27)38-26-13-9-24(10-14-26)34-20-22(4)36-30(32)6-2/h5-18,21-22H,1-2,19-20H2,3-4H3. The Morgan fingerprint density at radius 2 is 0.842 bits per heavy atom. The van der Waals surface area contributed by atoms with Gasteiger partial charge < -0.3 is 28.4 Å². The van der Waals surface area contributed by atoms with Crippen LogP contribution in [0.15, 0.2) is 98.1 Å². The van der Waals surface area contributed by atoms with Crippen molar-refractivity contribution < 1.29 is 38.0 Å². The molecule has 0 aliphatic rings. The van der Waals surface area contributed by atoms with Crippen molar-refractivity contribution in [2.75, 3.05) is 13.2 Å². The second-order valence-electron chi connectivity index (χ2n) is 8.14.